The molecule has 0 N–H and O–H groups in total. The van der Waals surface area contributed by atoms with E-state index < -0.39 is 0 Å². The van der Waals surface area contributed by atoms with E-state index in [1.165, 1.54) is 0 Å². The van der Waals surface area contributed by atoms with E-state index in [4.69, 9.17) is 20.4 Å². The molecule has 4 nitrogen and oxygen atoms in total. The van der Waals surface area contributed by atoms with Gasteiger partial charge in [0.1, 0.15) is 16.7 Å². The van der Waals surface area contributed by atoms with Crippen molar-refractivity contribution in [1.82, 2.24) is 9.97 Å². The van der Waals surface area contributed by atoms with E-state index >= 15 is 0 Å². The fourth-order valence-electron chi connectivity index (χ4n) is 2.79. The average Bonchev–Trinajstić information content (AvgIpc) is 3.14. The first-order chi connectivity index (χ1) is 11.3. The van der Waals surface area contributed by atoms with Crippen molar-refractivity contribution in [3.63, 3.8) is 0 Å². The summed E-state index contributed by atoms with van der Waals surface area (Å²) >= 11 is 6.09. The summed E-state index contributed by atoms with van der Waals surface area (Å²) in [5, 5.41) is 2.61. The summed E-state index contributed by atoms with van der Waals surface area (Å²) in [6.45, 7) is 0. The third kappa shape index (κ3) is 1.92. The third-order valence-corrected chi connectivity index (χ3v) is 4.10. The summed E-state index contributed by atoms with van der Waals surface area (Å²) in [5.41, 5.74) is 3.93. The lowest BCUT2D eigenvalue weighted by molar-refractivity contribution is 0.620. The highest BCUT2D eigenvalue weighted by molar-refractivity contribution is 6.31. The van der Waals surface area contributed by atoms with Crippen LogP contribution in [0.15, 0.2) is 63.7 Å². The number of rotatable bonds is 1. The summed E-state index contributed by atoms with van der Waals surface area (Å²) < 4.78 is 11.8. The molecular formula is C18H9ClN2O2. The number of aromatic nitrogens is 2. The third-order valence-electron chi connectivity index (χ3n) is 3.87. The van der Waals surface area contributed by atoms with Crippen LogP contribution in [-0.2, 0) is 0 Å². The van der Waals surface area contributed by atoms with Gasteiger partial charge in [0.15, 0.2) is 5.58 Å². The van der Waals surface area contributed by atoms with Gasteiger partial charge in [0.25, 0.3) is 0 Å². The minimum atomic E-state index is 0.567. The second-order valence-electron chi connectivity index (χ2n) is 5.31. The monoisotopic (exact) mass is 320 g/mol. The van der Waals surface area contributed by atoms with Gasteiger partial charge in [0.2, 0.25) is 5.89 Å². The van der Waals surface area contributed by atoms with E-state index in [0.29, 0.717) is 16.5 Å². The second kappa shape index (κ2) is 4.57. The lowest BCUT2D eigenvalue weighted by atomic mass is 10.1. The Hall–Kier alpha value is -2.85. The molecular weight excluding hydrogens is 312 g/mol. The molecule has 0 fully saturated rings. The van der Waals surface area contributed by atoms with Crippen LogP contribution in [-0.4, -0.2) is 9.97 Å². The smallest absolute Gasteiger partial charge is 0.227 e. The molecule has 0 aliphatic carbocycles. The molecule has 5 rings (SSSR count). The van der Waals surface area contributed by atoms with Crippen molar-refractivity contribution in [1.29, 1.82) is 0 Å². The second-order valence-corrected chi connectivity index (χ2v) is 5.75. The number of hydrogen-bond acceptors (Lipinski definition) is 4. The summed E-state index contributed by atoms with van der Waals surface area (Å²) in [7, 11) is 0. The standard InChI is InChI=1S/C18H9ClN2O2/c19-11-1-2-15-12(7-11)13-8-17-14(9-16(13)22-15)21-18(23-17)10-3-5-20-6-4-10/h1-9H. The van der Waals surface area contributed by atoms with Crippen LogP contribution < -0.4 is 0 Å². The summed E-state index contributed by atoms with van der Waals surface area (Å²) in [6, 6.07) is 13.2. The van der Waals surface area contributed by atoms with Gasteiger partial charge in [-0.1, -0.05) is 11.6 Å². The first-order valence-corrected chi connectivity index (χ1v) is 7.48. The molecule has 0 bridgehead atoms. The first kappa shape index (κ1) is 12.7. The molecule has 0 saturated heterocycles. The van der Waals surface area contributed by atoms with Gasteiger partial charge in [-0.25, -0.2) is 4.98 Å². The molecule has 0 aliphatic heterocycles. The fourth-order valence-corrected chi connectivity index (χ4v) is 2.96. The zero-order chi connectivity index (χ0) is 15.4. The number of halogens is 1. The van der Waals surface area contributed by atoms with Crippen molar-refractivity contribution in [3.8, 4) is 11.5 Å². The molecule has 5 aromatic rings. The van der Waals surface area contributed by atoms with E-state index in [1.807, 2.05) is 42.5 Å². The average molecular weight is 321 g/mol. The maximum absolute atomic E-state index is 6.09. The fraction of sp³-hybridized carbons (Fsp3) is 0. The molecule has 3 aromatic heterocycles. The van der Waals surface area contributed by atoms with Crippen LogP contribution in [0.2, 0.25) is 5.02 Å². The first-order valence-electron chi connectivity index (χ1n) is 7.11. The Morgan fingerprint density at radius 1 is 0.783 bits per heavy atom. The molecule has 23 heavy (non-hydrogen) atoms. The van der Waals surface area contributed by atoms with Crippen molar-refractivity contribution in [2.24, 2.45) is 0 Å². The molecule has 0 atom stereocenters. The molecule has 0 radical (unpaired) electrons. The van der Waals surface area contributed by atoms with Gasteiger partial charge in [0.05, 0.1) is 0 Å². The molecule has 0 saturated carbocycles. The molecule has 0 amide bonds. The van der Waals surface area contributed by atoms with Crippen LogP contribution in [0, 0.1) is 0 Å². The van der Waals surface area contributed by atoms with Crippen molar-refractivity contribution in [3.05, 3.63) is 59.9 Å². The summed E-state index contributed by atoms with van der Waals surface area (Å²) in [4.78, 5) is 8.55. The molecule has 0 aliphatic rings. The number of furan rings is 1. The van der Waals surface area contributed by atoms with Gasteiger partial charge in [-0.15, -0.1) is 0 Å². The highest BCUT2D eigenvalue weighted by Gasteiger charge is 2.13. The lowest BCUT2D eigenvalue weighted by Gasteiger charge is -1.91. The van der Waals surface area contributed by atoms with E-state index in [1.54, 1.807) is 12.4 Å². The Balaban J connectivity index is 1.80. The Morgan fingerprint density at radius 3 is 2.48 bits per heavy atom. The van der Waals surface area contributed by atoms with Crippen molar-refractivity contribution < 1.29 is 8.83 Å². The van der Waals surface area contributed by atoms with Crippen LogP contribution >= 0.6 is 11.6 Å². The van der Waals surface area contributed by atoms with Crippen molar-refractivity contribution in [2.75, 3.05) is 0 Å². The van der Waals surface area contributed by atoms with Gasteiger partial charge in [0, 0.05) is 39.8 Å². The minimum Gasteiger partial charge on any atom is -0.456 e. The minimum absolute atomic E-state index is 0.567. The highest BCUT2D eigenvalue weighted by Crippen LogP contribution is 2.34. The van der Waals surface area contributed by atoms with Gasteiger partial charge in [-0.2, -0.15) is 0 Å². The van der Waals surface area contributed by atoms with Crippen molar-refractivity contribution >= 4 is 44.6 Å². The van der Waals surface area contributed by atoms with Crippen LogP contribution in [0.1, 0.15) is 0 Å². The van der Waals surface area contributed by atoms with E-state index in [2.05, 4.69) is 9.97 Å². The number of pyridine rings is 1. The Bertz CT molecular complexity index is 1180. The van der Waals surface area contributed by atoms with Gasteiger partial charge in [-0.3, -0.25) is 4.98 Å². The number of oxazole rings is 1. The highest BCUT2D eigenvalue weighted by atomic mass is 35.5. The van der Waals surface area contributed by atoms with Gasteiger partial charge < -0.3 is 8.83 Å². The molecule has 2 aromatic carbocycles. The lowest BCUT2D eigenvalue weighted by Crippen LogP contribution is -1.76. The molecule has 110 valence electrons. The van der Waals surface area contributed by atoms with Crippen LogP contribution in [0.3, 0.4) is 0 Å². The zero-order valence-electron chi connectivity index (χ0n) is 11.8. The number of nitrogens with zero attached hydrogens (tertiary/aromatic N) is 2. The number of fused-ring (bicyclic) bond motifs is 4. The Morgan fingerprint density at radius 2 is 1.61 bits per heavy atom. The number of hydrogen-bond donors (Lipinski definition) is 0. The van der Waals surface area contributed by atoms with E-state index in [-0.39, 0.29) is 0 Å². The maximum Gasteiger partial charge on any atom is 0.227 e. The van der Waals surface area contributed by atoms with Crippen LogP contribution in [0.25, 0.3) is 44.5 Å². The topological polar surface area (TPSA) is 52.1 Å². The molecule has 5 heteroatoms. The normalized spacial score (nSPS) is 11.7. The Labute approximate surface area is 135 Å². The predicted molar refractivity (Wildman–Crippen MR) is 89.5 cm³/mol. The number of benzene rings is 2. The van der Waals surface area contributed by atoms with Crippen molar-refractivity contribution in [2.45, 2.75) is 0 Å². The molecule has 0 unspecified atom stereocenters. The predicted octanol–water partition coefficient (Wildman–Crippen LogP) is 5.44. The van der Waals surface area contributed by atoms with Gasteiger partial charge >= 0.3 is 0 Å². The SMILES string of the molecule is Clc1ccc2oc3cc4nc(-c5ccncc5)oc4cc3c2c1. The zero-order valence-corrected chi connectivity index (χ0v) is 12.5. The largest absolute Gasteiger partial charge is 0.456 e. The van der Waals surface area contributed by atoms with E-state index in [9.17, 15) is 0 Å². The Kier molecular flexibility index (Phi) is 2.52. The summed E-state index contributed by atoms with van der Waals surface area (Å²) in [5.74, 6) is 0.567. The summed E-state index contributed by atoms with van der Waals surface area (Å²) in [6.07, 6.45) is 3.43. The molecule has 3 heterocycles. The van der Waals surface area contributed by atoms with Crippen LogP contribution in [0.5, 0.6) is 0 Å². The van der Waals surface area contributed by atoms with Crippen LogP contribution in [0.4, 0.5) is 0 Å². The van der Waals surface area contributed by atoms with Gasteiger partial charge in [-0.05, 0) is 36.4 Å². The maximum atomic E-state index is 6.09. The quantitative estimate of drug-likeness (QED) is 0.412. The molecule has 0 spiro atoms. The van der Waals surface area contributed by atoms with E-state index in [0.717, 1.165) is 33.0 Å².